The maximum Gasteiger partial charge on any atom is 0.416 e. The zero-order valence-electron chi connectivity index (χ0n) is 22.1. The van der Waals surface area contributed by atoms with Crippen molar-refractivity contribution in [1.29, 1.82) is 0 Å². The van der Waals surface area contributed by atoms with Crippen LogP contribution >= 0.6 is 0 Å². The van der Waals surface area contributed by atoms with Crippen LogP contribution in [0, 0.1) is 0 Å². The smallest absolute Gasteiger partial charge is 0.343 e. The van der Waals surface area contributed by atoms with Crippen LogP contribution in [0.4, 0.5) is 22.0 Å². The summed E-state index contributed by atoms with van der Waals surface area (Å²) in [6, 6.07) is 11.0. The molecule has 3 N–H and O–H groups in total. The lowest BCUT2D eigenvalue weighted by atomic mass is 10.0. The Labute approximate surface area is 230 Å². The molecule has 2 amide bonds. The van der Waals surface area contributed by atoms with Crippen molar-refractivity contribution in [1.82, 2.24) is 10.2 Å². The van der Waals surface area contributed by atoms with Gasteiger partial charge in [-0.3, -0.25) is 9.59 Å². The highest BCUT2D eigenvalue weighted by molar-refractivity contribution is 5.96. The number of amides is 2. The van der Waals surface area contributed by atoms with Gasteiger partial charge in [0.1, 0.15) is 12.0 Å². The lowest BCUT2D eigenvalue weighted by Crippen LogP contribution is -2.41. The third-order valence-electron chi connectivity index (χ3n) is 6.40. The summed E-state index contributed by atoms with van der Waals surface area (Å²) in [4.78, 5) is 27.2. The van der Waals surface area contributed by atoms with E-state index in [4.69, 9.17) is 5.73 Å². The summed E-state index contributed by atoms with van der Waals surface area (Å²) in [5.41, 5.74) is 7.87. The average molecular weight is 562 g/mol. The van der Waals surface area contributed by atoms with Crippen LogP contribution in [0.3, 0.4) is 0 Å². The Morgan fingerprint density at radius 3 is 2.48 bits per heavy atom. The summed E-state index contributed by atoms with van der Waals surface area (Å²) in [5, 5.41) is 2.47. The highest BCUT2D eigenvalue weighted by Crippen LogP contribution is 2.29. The topological polar surface area (TPSA) is 75.4 Å². The normalized spacial score (nSPS) is 16.0. The number of aryl methyl sites for hydroxylation is 1. The molecule has 0 aromatic heterocycles. The molecular formula is C30H32F5N3O2. The van der Waals surface area contributed by atoms with Crippen molar-refractivity contribution in [3.05, 3.63) is 106 Å². The Hall–Kier alpha value is -3.79. The van der Waals surface area contributed by atoms with Gasteiger partial charge in [0.2, 0.25) is 5.91 Å². The monoisotopic (exact) mass is 561 g/mol. The third-order valence-corrected chi connectivity index (χ3v) is 6.40. The number of rotatable bonds is 11. The average Bonchev–Trinajstić information content (AvgIpc) is 3.07. The van der Waals surface area contributed by atoms with Crippen LogP contribution in [0.15, 0.2) is 84.2 Å². The van der Waals surface area contributed by atoms with Crippen LogP contribution < -0.4 is 11.1 Å². The van der Waals surface area contributed by atoms with Gasteiger partial charge in [-0.2, -0.15) is 13.2 Å². The van der Waals surface area contributed by atoms with E-state index in [1.165, 1.54) is 23.1 Å². The molecule has 5 nitrogen and oxygen atoms in total. The van der Waals surface area contributed by atoms with E-state index >= 15 is 0 Å². The largest absolute Gasteiger partial charge is 0.416 e. The van der Waals surface area contributed by atoms with E-state index in [0.29, 0.717) is 12.0 Å². The summed E-state index contributed by atoms with van der Waals surface area (Å²) < 4.78 is 65.7. The predicted octanol–water partition coefficient (Wildman–Crippen LogP) is 5.82. The number of alkyl halides is 4. The molecule has 2 atom stereocenters. The molecule has 0 saturated carbocycles. The second-order valence-corrected chi connectivity index (χ2v) is 9.57. The number of hydrogen-bond donors (Lipinski definition) is 2. The Balaban J connectivity index is 1.65. The summed E-state index contributed by atoms with van der Waals surface area (Å²) in [7, 11) is 0. The Bertz CT molecular complexity index is 1270. The fourth-order valence-electron chi connectivity index (χ4n) is 4.19. The quantitative estimate of drug-likeness (QED) is 0.340. The Morgan fingerprint density at radius 2 is 1.80 bits per heavy atom. The number of nitrogens with one attached hydrogen (secondary N) is 1. The molecular weight excluding hydrogens is 529 g/mol. The van der Waals surface area contributed by atoms with Crippen molar-refractivity contribution >= 4 is 11.8 Å². The molecule has 0 fully saturated rings. The fraction of sp³-hybridized carbons (Fsp3) is 0.333. The van der Waals surface area contributed by atoms with E-state index in [1.807, 2.05) is 31.2 Å². The van der Waals surface area contributed by atoms with E-state index in [9.17, 15) is 31.5 Å². The number of halogens is 5. The molecule has 1 unspecified atom stereocenters. The second-order valence-electron chi connectivity index (χ2n) is 9.57. The molecule has 0 aliphatic heterocycles. The van der Waals surface area contributed by atoms with Gasteiger partial charge in [0.25, 0.3) is 5.91 Å². The van der Waals surface area contributed by atoms with E-state index in [-0.39, 0.29) is 31.6 Å². The number of carbonyl (C=O) groups is 2. The standard InChI is InChI=1S/C30H32F5N3O2/c1-2-20-4-3-5-22(14-20)19-38(13-12-27(36)16-21-6-11-25(31)17-26(32)15-21)28(39)18-37-29(40)23-7-9-24(10-8-23)30(33,34)35/h3-11,14-15,17,25,27H,2,12-13,16,18-19,36H2,1H3,(H,37,40)/t25?,27-/m1/s1. The van der Waals surface area contributed by atoms with Crippen molar-refractivity contribution in [3.8, 4) is 0 Å². The second kappa shape index (κ2) is 14.0. The number of carbonyl (C=O) groups excluding carboxylic acids is 2. The van der Waals surface area contributed by atoms with Gasteiger partial charge in [-0.05, 0) is 78.5 Å². The first-order chi connectivity index (χ1) is 18.9. The minimum atomic E-state index is -4.52. The molecule has 0 spiro atoms. The summed E-state index contributed by atoms with van der Waals surface area (Å²) in [6.07, 6.45) is 0.197. The van der Waals surface area contributed by atoms with Crippen molar-refractivity contribution in [2.24, 2.45) is 5.73 Å². The van der Waals surface area contributed by atoms with Gasteiger partial charge in [0.15, 0.2) is 0 Å². The summed E-state index contributed by atoms with van der Waals surface area (Å²) in [5.74, 6) is -1.77. The van der Waals surface area contributed by atoms with Crippen molar-refractivity contribution in [2.75, 3.05) is 13.1 Å². The van der Waals surface area contributed by atoms with Crippen LogP contribution in [-0.2, 0) is 23.9 Å². The first-order valence-electron chi connectivity index (χ1n) is 12.9. The molecule has 2 aromatic rings. The van der Waals surface area contributed by atoms with Crippen molar-refractivity contribution < 1.29 is 31.5 Å². The van der Waals surface area contributed by atoms with E-state index in [0.717, 1.165) is 47.9 Å². The molecule has 214 valence electrons. The van der Waals surface area contributed by atoms with E-state index < -0.39 is 41.6 Å². The molecule has 40 heavy (non-hydrogen) atoms. The van der Waals surface area contributed by atoms with Crippen LogP contribution in [-0.4, -0.2) is 42.0 Å². The maximum absolute atomic E-state index is 13.8. The molecule has 2 aromatic carbocycles. The molecule has 3 rings (SSSR count). The Morgan fingerprint density at radius 1 is 1.10 bits per heavy atom. The van der Waals surface area contributed by atoms with Gasteiger partial charge in [-0.25, -0.2) is 8.78 Å². The molecule has 0 heterocycles. The minimum absolute atomic E-state index is 0.00782. The maximum atomic E-state index is 13.8. The number of nitrogens with zero attached hydrogens (tertiary/aromatic N) is 1. The number of benzene rings is 2. The van der Waals surface area contributed by atoms with Gasteiger partial charge in [0.05, 0.1) is 12.1 Å². The van der Waals surface area contributed by atoms with Crippen LogP contribution in [0.2, 0.25) is 0 Å². The molecule has 10 heteroatoms. The number of allylic oxidation sites excluding steroid dienone is 5. The van der Waals surface area contributed by atoms with E-state index in [2.05, 4.69) is 5.32 Å². The van der Waals surface area contributed by atoms with Crippen LogP contribution in [0.1, 0.15) is 46.8 Å². The highest BCUT2D eigenvalue weighted by atomic mass is 19.4. The third kappa shape index (κ3) is 9.44. The minimum Gasteiger partial charge on any atom is -0.343 e. The molecule has 0 radical (unpaired) electrons. The SMILES string of the molecule is CCc1cccc(CN(CC[C@@H](N)CC2=CC(F)=CC(F)C=C2)C(=O)CNC(=O)c2ccc(C(F)(F)F)cc2)c1. The molecule has 1 aliphatic rings. The van der Waals surface area contributed by atoms with Gasteiger partial charge in [-0.1, -0.05) is 37.3 Å². The van der Waals surface area contributed by atoms with Crippen LogP contribution in [0.25, 0.3) is 0 Å². The van der Waals surface area contributed by atoms with Gasteiger partial charge >= 0.3 is 6.18 Å². The van der Waals surface area contributed by atoms with Gasteiger partial charge in [-0.15, -0.1) is 0 Å². The fourth-order valence-corrected chi connectivity index (χ4v) is 4.19. The van der Waals surface area contributed by atoms with E-state index in [1.54, 1.807) is 0 Å². The highest BCUT2D eigenvalue weighted by Gasteiger charge is 2.30. The lowest BCUT2D eigenvalue weighted by Gasteiger charge is -2.25. The summed E-state index contributed by atoms with van der Waals surface area (Å²) >= 11 is 0. The summed E-state index contributed by atoms with van der Waals surface area (Å²) in [6.45, 7) is 2.12. The Kier molecular flexibility index (Phi) is 10.8. The predicted molar refractivity (Wildman–Crippen MR) is 144 cm³/mol. The first-order valence-corrected chi connectivity index (χ1v) is 12.9. The van der Waals surface area contributed by atoms with Crippen LogP contribution in [0.5, 0.6) is 0 Å². The zero-order valence-corrected chi connectivity index (χ0v) is 22.1. The van der Waals surface area contributed by atoms with Crippen molar-refractivity contribution in [2.45, 2.75) is 51.1 Å². The zero-order chi connectivity index (χ0) is 29.3. The van der Waals surface area contributed by atoms with Gasteiger partial charge < -0.3 is 16.0 Å². The number of hydrogen-bond acceptors (Lipinski definition) is 3. The van der Waals surface area contributed by atoms with Gasteiger partial charge in [0, 0.05) is 24.7 Å². The molecule has 1 aliphatic carbocycles. The molecule has 0 bridgehead atoms. The molecule has 0 saturated heterocycles. The first kappa shape index (κ1) is 30.7. The lowest BCUT2D eigenvalue weighted by molar-refractivity contribution is -0.137. The van der Waals surface area contributed by atoms with Crippen molar-refractivity contribution in [3.63, 3.8) is 0 Å². The number of nitrogens with two attached hydrogens (primary N) is 1.